The van der Waals surface area contributed by atoms with Crippen LogP contribution in [-0.4, -0.2) is 35.4 Å². The van der Waals surface area contributed by atoms with E-state index in [1.165, 1.54) is 0 Å². The maximum absolute atomic E-state index is 12.2. The van der Waals surface area contributed by atoms with Crippen LogP contribution in [0.1, 0.15) is 38.6 Å². The molecule has 3 rings (SSSR count). The maximum atomic E-state index is 12.2. The minimum Gasteiger partial charge on any atom is -0.395 e. The Morgan fingerprint density at radius 1 is 1.24 bits per heavy atom. The molecule has 4 N–H and O–H groups in total. The number of carbonyl (C=O) groups is 2. The molecule has 0 radical (unpaired) electrons. The summed E-state index contributed by atoms with van der Waals surface area (Å²) >= 11 is 0.928. The summed E-state index contributed by atoms with van der Waals surface area (Å²) in [6.07, 6.45) is 1.99. The molecule has 7 nitrogen and oxygen atoms in total. The van der Waals surface area contributed by atoms with Crippen molar-refractivity contribution in [1.29, 1.82) is 0 Å². The minimum atomic E-state index is -0.393. The maximum Gasteiger partial charge on any atom is 0.273 e. The molecule has 1 aromatic heterocycles. The van der Waals surface area contributed by atoms with Gasteiger partial charge < -0.3 is 21.1 Å². The number of hydrogen-bond acceptors (Lipinski definition) is 6. The Morgan fingerprint density at radius 3 is 2.76 bits per heavy atom. The van der Waals surface area contributed by atoms with Gasteiger partial charge in [-0.1, -0.05) is 30.3 Å². The average Bonchev–Trinajstić information content (AvgIpc) is 3.28. The molecule has 8 heteroatoms. The van der Waals surface area contributed by atoms with E-state index < -0.39 is 5.91 Å². The van der Waals surface area contributed by atoms with Crippen LogP contribution in [0, 0.1) is 0 Å². The van der Waals surface area contributed by atoms with Gasteiger partial charge >= 0.3 is 0 Å². The number of nitrogens with one attached hydrogen (secondary N) is 2. The van der Waals surface area contributed by atoms with E-state index in [1.807, 2.05) is 30.3 Å². The zero-order valence-corrected chi connectivity index (χ0v) is 14.5. The van der Waals surface area contributed by atoms with E-state index in [0.717, 1.165) is 36.5 Å². The first-order chi connectivity index (χ1) is 12.1. The van der Waals surface area contributed by atoms with Gasteiger partial charge in [0.15, 0.2) is 5.69 Å². The number of rotatable bonds is 6. The Kier molecular flexibility index (Phi) is 5.62. The Hall–Kier alpha value is -2.45. The lowest BCUT2D eigenvalue weighted by atomic mass is 10.2. The molecule has 2 aromatic rings. The van der Waals surface area contributed by atoms with Crippen molar-refractivity contribution in [1.82, 2.24) is 15.0 Å². The fourth-order valence-corrected chi connectivity index (χ4v) is 3.29. The van der Waals surface area contributed by atoms with Crippen LogP contribution in [0.5, 0.6) is 0 Å². The molecule has 0 saturated carbocycles. The summed E-state index contributed by atoms with van der Waals surface area (Å²) < 4.78 is 9.51. The highest BCUT2D eigenvalue weighted by Crippen LogP contribution is 2.22. The number of aromatic nitrogens is 1. The molecular formula is C17H20N4O3S. The number of hydrogen-bond donors (Lipinski definition) is 3. The molecule has 1 aliphatic rings. The second-order valence-corrected chi connectivity index (χ2v) is 6.56. The first-order valence-electron chi connectivity index (χ1n) is 8.12. The summed E-state index contributed by atoms with van der Waals surface area (Å²) in [5.41, 5.74) is 7.12. The van der Waals surface area contributed by atoms with Crippen molar-refractivity contribution in [3.05, 3.63) is 46.5 Å². The molecule has 2 amide bonds. The van der Waals surface area contributed by atoms with E-state index in [-0.39, 0.29) is 28.3 Å². The van der Waals surface area contributed by atoms with E-state index >= 15 is 0 Å². The zero-order chi connectivity index (χ0) is 17.6. The Balaban J connectivity index is 1.57. The molecule has 132 valence electrons. The summed E-state index contributed by atoms with van der Waals surface area (Å²) in [5, 5.41) is 5.55. The highest BCUT2D eigenvalue weighted by molar-refractivity contribution is 7.09. The van der Waals surface area contributed by atoms with Gasteiger partial charge in [-0.2, -0.15) is 4.37 Å². The molecule has 0 bridgehead atoms. The first kappa shape index (κ1) is 17.4. The van der Waals surface area contributed by atoms with Crippen LogP contribution < -0.4 is 16.4 Å². The van der Waals surface area contributed by atoms with Gasteiger partial charge in [-0.3, -0.25) is 9.59 Å². The monoisotopic (exact) mass is 360 g/mol. The normalized spacial score (nSPS) is 16.6. The van der Waals surface area contributed by atoms with Crippen LogP contribution in [0.4, 0.5) is 5.69 Å². The van der Waals surface area contributed by atoms with Gasteiger partial charge in [0.05, 0.1) is 11.8 Å². The van der Waals surface area contributed by atoms with Crippen LogP contribution in [0.3, 0.4) is 0 Å². The predicted molar refractivity (Wildman–Crippen MR) is 95.4 cm³/mol. The Bertz CT molecular complexity index is 742. The topological polar surface area (TPSA) is 106 Å². The predicted octanol–water partition coefficient (Wildman–Crippen LogP) is 1.56. The SMILES string of the molecule is Nc1c(C(=O)NCc2ccccc2)nsc1C(=O)NC[C@@H]1CCCO1. The number of amides is 2. The van der Waals surface area contributed by atoms with Crippen molar-refractivity contribution >= 4 is 29.0 Å². The molecule has 1 saturated heterocycles. The smallest absolute Gasteiger partial charge is 0.273 e. The fourth-order valence-electron chi connectivity index (χ4n) is 2.58. The molecule has 1 fully saturated rings. The summed E-state index contributed by atoms with van der Waals surface area (Å²) in [7, 11) is 0. The summed E-state index contributed by atoms with van der Waals surface area (Å²) in [6.45, 7) is 1.54. The van der Waals surface area contributed by atoms with Crippen molar-refractivity contribution < 1.29 is 14.3 Å². The lowest BCUT2D eigenvalue weighted by molar-refractivity contribution is 0.0861. The van der Waals surface area contributed by atoms with Crippen LogP contribution in [0.25, 0.3) is 0 Å². The second kappa shape index (κ2) is 8.09. The van der Waals surface area contributed by atoms with Crippen LogP contribution >= 0.6 is 11.5 Å². The van der Waals surface area contributed by atoms with Crippen molar-refractivity contribution in [3.8, 4) is 0 Å². The number of carbonyl (C=O) groups excluding carboxylic acids is 2. The molecule has 2 heterocycles. The molecule has 0 spiro atoms. The third kappa shape index (κ3) is 4.34. The third-order valence-corrected chi connectivity index (χ3v) is 4.82. The van der Waals surface area contributed by atoms with E-state index in [1.54, 1.807) is 0 Å². The fraction of sp³-hybridized carbons (Fsp3) is 0.353. The van der Waals surface area contributed by atoms with Gasteiger partial charge in [-0.15, -0.1) is 0 Å². The molecular weight excluding hydrogens is 340 g/mol. The number of benzene rings is 1. The van der Waals surface area contributed by atoms with Crippen molar-refractivity contribution in [2.75, 3.05) is 18.9 Å². The van der Waals surface area contributed by atoms with Crippen molar-refractivity contribution in [3.63, 3.8) is 0 Å². The molecule has 0 aliphatic carbocycles. The largest absolute Gasteiger partial charge is 0.395 e. The van der Waals surface area contributed by atoms with Gasteiger partial charge in [-0.25, -0.2) is 0 Å². The molecule has 1 atom stereocenters. The number of nitrogens with two attached hydrogens (primary N) is 1. The zero-order valence-electron chi connectivity index (χ0n) is 13.7. The number of nitrogens with zero attached hydrogens (tertiary/aromatic N) is 1. The van der Waals surface area contributed by atoms with Gasteiger partial charge in [0.25, 0.3) is 11.8 Å². The van der Waals surface area contributed by atoms with Gasteiger partial charge in [0, 0.05) is 19.7 Å². The van der Waals surface area contributed by atoms with E-state index in [4.69, 9.17) is 10.5 Å². The number of ether oxygens (including phenoxy) is 1. The molecule has 25 heavy (non-hydrogen) atoms. The van der Waals surface area contributed by atoms with Crippen molar-refractivity contribution in [2.45, 2.75) is 25.5 Å². The molecule has 0 unspecified atom stereocenters. The van der Waals surface area contributed by atoms with E-state index in [9.17, 15) is 9.59 Å². The van der Waals surface area contributed by atoms with Crippen LogP contribution in [-0.2, 0) is 11.3 Å². The standard InChI is InChI=1S/C17H20N4O3S/c18-13-14(16(22)19-9-11-5-2-1-3-6-11)21-25-15(13)17(23)20-10-12-7-4-8-24-12/h1-3,5-6,12H,4,7-10,18H2,(H,19,22)(H,20,23)/t12-/m0/s1. The first-order valence-corrected chi connectivity index (χ1v) is 8.89. The minimum absolute atomic E-state index is 0.0479. The van der Waals surface area contributed by atoms with Gasteiger partial charge in [-0.05, 0) is 29.9 Å². The van der Waals surface area contributed by atoms with Gasteiger partial charge in [0.2, 0.25) is 0 Å². The van der Waals surface area contributed by atoms with E-state index in [2.05, 4.69) is 15.0 Å². The Morgan fingerprint density at radius 2 is 2.04 bits per heavy atom. The quantitative estimate of drug-likeness (QED) is 0.725. The number of anilines is 1. The highest BCUT2D eigenvalue weighted by atomic mass is 32.1. The molecule has 1 aliphatic heterocycles. The summed E-state index contributed by atoms with van der Waals surface area (Å²) in [6, 6.07) is 9.53. The highest BCUT2D eigenvalue weighted by Gasteiger charge is 2.23. The van der Waals surface area contributed by atoms with Crippen molar-refractivity contribution in [2.24, 2.45) is 0 Å². The second-order valence-electron chi connectivity index (χ2n) is 5.79. The number of nitrogen functional groups attached to an aromatic ring is 1. The summed E-state index contributed by atoms with van der Waals surface area (Å²) in [5.74, 6) is -0.719. The van der Waals surface area contributed by atoms with Crippen LogP contribution in [0.2, 0.25) is 0 Å². The van der Waals surface area contributed by atoms with Gasteiger partial charge in [0.1, 0.15) is 4.88 Å². The lowest BCUT2D eigenvalue weighted by Gasteiger charge is -2.10. The molecule has 1 aromatic carbocycles. The average molecular weight is 360 g/mol. The van der Waals surface area contributed by atoms with E-state index in [0.29, 0.717) is 13.1 Å². The Labute approximate surface area is 149 Å². The summed E-state index contributed by atoms with van der Waals surface area (Å²) in [4.78, 5) is 24.7. The van der Waals surface area contributed by atoms with Crippen LogP contribution in [0.15, 0.2) is 30.3 Å². The lowest BCUT2D eigenvalue weighted by Crippen LogP contribution is -2.31. The third-order valence-electron chi connectivity index (χ3n) is 3.96.